The van der Waals surface area contributed by atoms with Crippen LogP contribution in [-0.2, 0) is 17.9 Å². The Kier molecular flexibility index (Phi) is 6.10. The minimum atomic E-state index is -0.0492. The molecule has 0 spiro atoms. The largest absolute Gasteiger partial charge is 0.338 e. The highest BCUT2D eigenvalue weighted by Gasteiger charge is 2.22. The van der Waals surface area contributed by atoms with E-state index in [2.05, 4.69) is 34.5 Å². The molecule has 0 radical (unpaired) electrons. The summed E-state index contributed by atoms with van der Waals surface area (Å²) < 4.78 is 0. The van der Waals surface area contributed by atoms with Crippen molar-refractivity contribution < 1.29 is 9.59 Å². The molecule has 4 rings (SSSR count). The number of hydrogen-bond donors (Lipinski definition) is 1. The van der Waals surface area contributed by atoms with Gasteiger partial charge in [-0.05, 0) is 29.7 Å². The van der Waals surface area contributed by atoms with Crippen LogP contribution in [0.4, 0.5) is 10.5 Å². The van der Waals surface area contributed by atoms with Crippen LogP contribution in [0.3, 0.4) is 0 Å². The molecule has 6 heteroatoms. The number of nitrogens with zero attached hydrogens (tertiary/aromatic N) is 3. The van der Waals surface area contributed by atoms with Gasteiger partial charge in [0.1, 0.15) is 0 Å². The van der Waals surface area contributed by atoms with E-state index in [1.54, 1.807) is 0 Å². The van der Waals surface area contributed by atoms with E-state index in [9.17, 15) is 9.59 Å². The zero-order valence-electron chi connectivity index (χ0n) is 16.7. The fourth-order valence-electron chi connectivity index (χ4n) is 3.94. The SMILES string of the molecule is O=C1CCCN1Cc1ccc(NC(=O)N2CCN(Cc3ccccc3)CC2)cc1. The van der Waals surface area contributed by atoms with Crippen molar-refractivity contribution in [2.24, 2.45) is 0 Å². The lowest BCUT2D eigenvalue weighted by Crippen LogP contribution is -2.49. The van der Waals surface area contributed by atoms with Gasteiger partial charge in [0.05, 0.1) is 0 Å². The van der Waals surface area contributed by atoms with Gasteiger partial charge < -0.3 is 15.1 Å². The first-order valence-electron chi connectivity index (χ1n) is 10.4. The molecule has 3 amide bonds. The van der Waals surface area contributed by atoms with Crippen LogP contribution in [0.1, 0.15) is 24.0 Å². The van der Waals surface area contributed by atoms with Crippen LogP contribution < -0.4 is 5.32 Å². The van der Waals surface area contributed by atoms with Crippen molar-refractivity contribution in [3.8, 4) is 0 Å². The van der Waals surface area contributed by atoms with E-state index >= 15 is 0 Å². The Labute approximate surface area is 172 Å². The number of benzene rings is 2. The predicted molar refractivity (Wildman–Crippen MR) is 113 cm³/mol. The molecule has 0 aromatic heterocycles. The van der Waals surface area contributed by atoms with Crippen molar-refractivity contribution in [3.05, 3.63) is 65.7 Å². The van der Waals surface area contributed by atoms with Crippen LogP contribution in [0.5, 0.6) is 0 Å². The molecule has 0 bridgehead atoms. The molecule has 2 heterocycles. The zero-order valence-corrected chi connectivity index (χ0v) is 16.7. The number of carbonyl (C=O) groups excluding carboxylic acids is 2. The number of rotatable bonds is 5. The number of likely N-dealkylation sites (tertiary alicyclic amines) is 1. The number of piperazine rings is 1. The van der Waals surface area contributed by atoms with Gasteiger partial charge in [-0.1, -0.05) is 42.5 Å². The van der Waals surface area contributed by atoms with Gasteiger partial charge in [-0.15, -0.1) is 0 Å². The summed E-state index contributed by atoms with van der Waals surface area (Å²) in [4.78, 5) is 30.5. The van der Waals surface area contributed by atoms with Crippen molar-refractivity contribution in [1.29, 1.82) is 0 Å². The third-order valence-corrected chi connectivity index (χ3v) is 5.66. The molecule has 2 aromatic carbocycles. The first-order valence-corrected chi connectivity index (χ1v) is 10.4. The molecule has 2 aliphatic heterocycles. The van der Waals surface area contributed by atoms with Crippen molar-refractivity contribution in [2.75, 3.05) is 38.0 Å². The molecule has 29 heavy (non-hydrogen) atoms. The first-order chi connectivity index (χ1) is 14.2. The lowest BCUT2D eigenvalue weighted by molar-refractivity contribution is -0.128. The summed E-state index contributed by atoms with van der Waals surface area (Å²) in [6, 6.07) is 18.2. The second kappa shape index (κ2) is 9.09. The molecule has 0 saturated carbocycles. The fraction of sp³-hybridized carbons (Fsp3) is 0.391. The second-order valence-corrected chi connectivity index (χ2v) is 7.79. The molecule has 152 valence electrons. The van der Waals surface area contributed by atoms with Crippen LogP contribution in [0.2, 0.25) is 0 Å². The maximum absolute atomic E-state index is 12.6. The topological polar surface area (TPSA) is 55.9 Å². The monoisotopic (exact) mass is 392 g/mol. The van der Waals surface area contributed by atoms with Crippen molar-refractivity contribution in [2.45, 2.75) is 25.9 Å². The maximum atomic E-state index is 12.6. The lowest BCUT2D eigenvalue weighted by Gasteiger charge is -2.34. The van der Waals surface area contributed by atoms with Crippen LogP contribution in [0.15, 0.2) is 54.6 Å². The summed E-state index contributed by atoms with van der Waals surface area (Å²) in [5.74, 6) is 0.230. The third-order valence-electron chi connectivity index (χ3n) is 5.66. The molecule has 0 atom stereocenters. The Morgan fingerprint density at radius 3 is 2.17 bits per heavy atom. The van der Waals surface area contributed by atoms with Gasteiger partial charge in [-0.3, -0.25) is 9.69 Å². The fourth-order valence-corrected chi connectivity index (χ4v) is 3.94. The molecule has 2 fully saturated rings. The summed E-state index contributed by atoms with van der Waals surface area (Å²) in [6.45, 7) is 5.64. The van der Waals surface area contributed by atoms with Gasteiger partial charge in [0, 0.05) is 57.9 Å². The Bertz CT molecular complexity index is 830. The van der Waals surface area contributed by atoms with Crippen LogP contribution in [0, 0.1) is 0 Å². The molecule has 0 aliphatic carbocycles. The highest BCUT2D eigenvalue weighted by atomic mass is 16.2. The number of anilines is 1. The smallest absolute Gasteiger partial charge is 0.321 e. The van der Waals surface area contributed by atoms with E-state index in [4.69, 9.17) is 0 Å². The van der Waals surface area contributed by atoms with E-state index in [0.717, 1.165) is 56.9 Å². The van der Waals surface area contributed by atoms with Crippen molar-refractivity contribution in [1.82, 2.24) is 14.7 Å². The summed E-state index contributed by atoms with van der Waals surface area (Å²) in [5, 5.41) is 2.99. The quantitative estimate of drug-likeness (QED) is 0.850. The second-order valence-electron chi connectivity index (χ2n) is 7.79. The number of hydrogen-bond acceptors (Lipinski definition) is 3. The highest BCUT2D eigenvalue weighted by Crippen LogP contribution is 2.17. The summed E-state index contributed by atoms with van der Waals surface area (Å²) in [5.41, 5.74) is 3.19. The van der Waals surface area contributed by atoms with Crippen molar-refractivity contribution in [3.63, 3.8) is 0 Å². The number of carbonyl (C=O) groups is 2. The number of urea groups is 1. The minimum absolute atomic E-state index is 0.0492. The summed E-state index contributed by atoms with van der Waals surface area (Å²) >= 11 is 0. The average Bonchev–Trinajstić information content (AvgIpc) is 3.15. The Morgan fingerprint density at radius 2 is 1.52 bits per heavy atom. The molecule has 2 saturated heterocycles. The Morgan fingerprint density at radius 1 is 0.828 bits per heavy atom. The number of nitrogens with one attached hydrogen (secondary N) is 1. The standard InChI is InChI=1S/C23H28N4O2/c28-22-7-4-12-27(22)18-20-8-10-21(11-9-20)24-23(29)26-15-13-25(14-16-26)17-19-5-2-1-3-6-19/h1-3,5-6,8-11H,4,7,12-18H2,(H,24,29). The van der Waals surface area contributed by atoms with Crippen LogP contribution in [0.25, 0.3) is 0 Å². The zero-order chi connectivity index (χ0) is 20.1. The van der Waals surface area contributed by atoms with E-state index < -0.39 is 0 Å². The predicted octanol–water partition coefficient (Wildman–Crippen LogP) is 3.16. The minimum Gasteiger partial charge on any atom is -0.338 e. The van der Waals surface area contributed by atoms with Gasteiger partial charge in [0.15, 0.2) is 0 Å². The highest BCUT2D eigenvalue weighted by molar-refractivity contribution is 5.89. The van der Waals surface area contributed by atoms with Gasteiger partial charge in [-0.25, -0.2) is 4.79 Å². The molecule has 2 aliphatic rings. The molecule has 1 N–H and O–H groups in total. The summed E-state index contributed by atoms with van der Waals surface area (Å²) in [7, 11) is 0. The summed E-state index contributed by atoms with van der Waals surface area (Å²) in [6.07, 6.45) is 1.61. The van der Waals surface area contributed by atoms with Gasteiger partial charge >= 0.3 is 6.03 Å². The van der Waals surface area contributed by atoms with E-state index in [1.165, 1.54) is 5.56 Å². The lowest BCUT2D eigenvalue weighted by atomic mass is 10.2. The van der Waals surface area contributed by atoms with Crippen molar-refractivity contribution >= 4 is 17.6 Å². The maximum Gasteiger partial charge on any atom is 0.321 e. The third kappa shape index (κ3) is 5.15. The average molecular weight is 393 g/mol. The molecule has 2 aromatic rings. The molecule has 0 unspecified atom stereocenters. The van der Waals surface area contributed by atoms with Crippen LogP contribution in [-0.4, -0.2) is 59.4 Å². The normalized spacial score (nSPS) is 17.6. The van der Waals surface area contributed by atoms with Gasteiger partial charge in [0.2, 0.25) is 5.91 Å². The number of amides is 3. The first kappa shape index (κ1) is 19.5. The Hall–Kier alpha value is -2.86. The molecule has 6 nitrogen and oxygen atoms in total. The van der Waals surface area contributed by atoms with E-state index in [1.807, 2.05) is 40.1 Å². The Balaban J connectivity index is 1.24. The molecular formula is C23H28N4O2. The van der Waals surface area contributed by atoms with Gasteiger partial charge in [0.25, 0.3) is 0 Å². The van der Waals surface area contributed by atoms with Crippen LogP contribution >= 0.6 is 0 Å². The van der Waals surface area contributed by atoms with E-state index in [-0.39, 0.29) is 11.9 Å². The van der Waals surface area contributed by atoms with Gasteiger partial charge in [-0.2, -0.15) is 0 Å². The van der Waals surface area contributed by atoms with E-state index in [0.29, 0.717) is 13.0 Å². The molecular weight excluding hydrogens is 364 g/mol.